The summed E-state index contributed by atoms with van der Waals surface area (Å²) in [6, 6.07) is 0. The highest BCUT2D eigenvalue weighted by Gasteiger charge is 2.27. The largest absolute Gasteiger partial charge is 0.390 e. The average Bonchev–Trinajstić information content (AvgIpc) is 2.63. The second-order valence-electron chi connectivity index (χ2n) is 3.82. The fourth-order valence-electron chi connectivity index (χ4n) is 1.03. The number of aromatic nitrogens is 3. The number of carbonyl (C=O) groups excluding carboxylic acids is 1. The molecule has 1 amide bonds. The number of alkyl halides is 3. The Labute approximate surface area is 95.8 Å². The minimum absolute atomic E-state index is 0.0687. The van der Waals surface area contributed by atoms with Crippen LogP contribution in [0.5, 0.6) is 0 Å². The van der Waals surface area contributed by atoms with E-state index in [0.29, 0.717) is 5.82 Å². The number of halogens is 3. The van der Waals surface area contributed by atoms with Gasteiger partial charge in [0.2, 0.25) is 5.82 Å². The van der Waals surface area contributed by atoms with E-state index in [2.05, 4.69) is 20.5 Å². The zero-order valence-corrected chi connectivity index (χ0v) is 9.43. The lowest BCUT2D eigenvalue weighted by Crippen LogP contribution is -2.28. The number of hydrogen-bond donors (Lipinski definition) is 2. The first-order valence-corrected chi connectivity index (χ1v) is 5.07. The predicted octanol–water partition coefficient (Wildman–Crippen LogP) is 1.61. The fourth-order valence-corrected chi connectivity index (χ4v) is 1.03. The van der Waals surface area contributed by atoms with Crippen LogP contribution in [0.4, 0.5) is 13.2 Å². The molecule has 0 bridgehead atoms. The van der Waals surface area contributed by atoms with E-state index >= 15 is 0 Å². The van der Waals surface area contributed by atoms with Gasteiger partial charge in [0.15, 0.2) is 0 Å². The monoisotopic (exact) mass is 250 g/mol. The second-order valence-corrected chi connectivity index (χ2v) is 3.82. The third-order valence-electron chi connectivity index (χ3n) is 1.95. The van der Waals surface area contributed by atoms with Crippen molar-refractivity contribution in [2.24, 2.45) is 0 Å². The van der Waals surface area contributed by atoms with Crippen LogP contribution in [-0.2, 0) is 0 Å². The molecule has 5 nitrogen and oxygen atoms in total. The van der Waals surface area contributed by atoms with Crippen LogP contribution in [-0.4, -0.2) is 33.8 Å². The number of carbonyl (C=O) groups is 1. The smallest absolute Gasteiger partial charge is 0.349 e. The maximum absolute atomic E-state index is 11.8. The molecule has 0 unspecified atom stereocenters. The zero-order chi connectivity index (χ0) is 13.1. The van der Waals surface area contributed by atoms with Crippen molar-refractivity contribution in [3.63, 3.8) is 0 Å². The van der Waals surface area contributed by atoms with E-state index in [9.17, 15) is 18.0 Å². The molecule has 0 aromatic carbocycles. The first kappa shape index (κ1) is 13.5. The summed E-state index contributed by atoms with van der Waals surface area (Å²) in [6.45, 7) is 3.23. The number of nitrogens with one attached hydrogen (secondary N) is 2. The van der Waals surface area contributed by atoms with Crippen molar-refractivity contribution in [2.45, 2.75) is 32.4 Å². The molecule has 0 aliphatic carbocycles. The van der Waals surface area contributed by atoms with Gasteiger partial charge in [-0.15, -0.1) is 5.10 Å². The molecular formula is C9H13F3N4O. The average molecular weight is 250 g/mol. The molecule has 1 heterocycles. The number of aromatic amines is 1. The minimum Gasteiger partial charge on any atom is -0.349 e. The van der Waals surface area contributed by atoms with Gasteiger partial charge in [-0.2, -0.15) is 13.2 Å². The zero-order valence-electron chi connectivity index (χ0n) is 9.43. The van der Waals surface area contributed by atoms with Gasteiger partial charge in [0, 0.05) is 12.5 Å². The van der Waals surface area contributed by atoms with Crippen molar-refractivity contribution in [2.75, 3.05) is 6.54 Å². The lowest BCUT2D eigenvalue weighted by atomic mass is 10.2. The molecule has 0 spiro atoms. The lowest BCUT2D eigenvalue weighted by molar-refractivity contribution is -0.133. The Morgan fingerprint density at radius 3 is 2.59 bits per heavy atom. The van der Waals surface area contributed by atoms with E-state index in [1.807, 2.05) is 13.8 Å². The molecule has 1 aromatic rings. The van der Waals surface area contributed by atoms with Gasteiger partial charge in [0.1, 0.15) is 5.82 Å². The summed E-state index contributed by atoms with van der Waals surface area (Å²) in [4.78, 5) is 15.2. The van der Waals surface area contributed by atoms with Gasteiger partial charge in [-0.1, -0.05) is 13.8 Å². The fraction of sp³-hybridized carbons (Fsp3) is 0.667. The Kier molecular flexibility index (Phi) is 4.08. The van der Waals surface area contributed by atoms with Crippen LogP contribution in [0, 0.1) is 0 Å². The Balaban J connectivity index is 2.47. The molecule has 96 valence electrons. The van der Waals surface area contributed by atoms with Gasteiger partial charge in [-0.3, -0.25) is 9.89 Å². The van der Waals surface area contributed by atoms with Crippen LogP contribution in [0.25, 0.3) is 0 Å². The Bertz CT molecular complexity index is 386. The molecule has 0 aliphatic rings. The number of hydrogen-bond acceptors (Lipinski definition) is 3. The van der Waals surface area contributed by atoms with E-state index in [4.69, 9.17) is 0 Å². The summed E-state index contributed by atoms with van der Waals surface area (Å²) in [5, 5.41) is 8.28. The van der Waals surface area contributed by atoms with Gasteiger partial charge < -0.3 is 5.32 Å². The lowest BCUT2D eigenvalue weighted by Gasteiger charge is -2.05. The highest BCUT2D eigenvalue weighted by Crippen LogP contribution is 2.18. The molecule has 0 fully saturated rings. The number of H-pyrrole nitrogens is 1. The van der Waals surface area contributed by atoms with Crippen molar-refractivity contribution < 1.29 is 18.0 Å². The summed E-state index contributed by atoms with van der Waals surface area (Å²) in [7, 11) is 0. The van der Waals surface area contributed by atoms with Crippen LogP contribution in [0.2, 0.25) is 0 Å². The molecule has 0 aliphatic heterocycles. The van der Waals surface area contributed by atoms with Gasteiger partial charge in [0.25, 0.3) is 5.91 Å². The molecular weight excluding hydrogens is 237 g/mol. The molecule has 2 N–H and O–H groups in total. The minimum atomic E-state index is -4.28. The SMILES string of the molecule is CC(C)c1nc(C(=O)NCCC(F)(F)F)n[nH]1. The Morgan fingerprint density at radius 2 is 2.12 bits per heavy atom. The summed E-state index contributed by atoms with van der Waals surface area (Å²) in [6.07, 6.45) is -5.35. The first-order valence-electron chi connectivity index (χ1n) is 5.07. The Hall–Kier alpha value is -1.60. The standard InChI is InChI=1S/C9H13F3N4O/c1-5(2)6-14-7(16-15-6)8(17)13-4-3-9(10,11)12/h5H,3-4H2,1-2H3,(H,13,17)(H,14,15,16). The Morgan fingerprint density at radius 1 is 1.47 bits per heavy atom. The molecule has 0 radical (unpaired) electrons. The van der Waals surface area contributed by atoms with Crippen LogP contribution >= 0.6 is 0 Å². The van der Waals surface area contributed by atoms with Crippen LogP contribution in [0.1, 0.15) is 42.6 Å². The molecule has 17 heavy (non-hydrogen) atoms. The van der Waals surface area contributed by atoms with Crippen molar-refractivity contribution >= 4 is 5.91 Å². The number of amides is 1. The van der Waals surface area contributed by atoms with Gasteiger partial charge in [0.05, 0.1) is 6.42 Å². The molecule has 1 aromatic heterocycles. The highest BCUT2D eigenvalue weighted by atomic mass is 19.4. The summed E-state index contributed by atoms with van der Waals surface area (Å²) in [5.74, 6) is -0.265. The number of rotatable bonds is 4. The van der Waals surface area contributed by atoms with Gasteiger partial charge in [-0.05, 0) is 0 Å². The van der Waals surface area contributed by atoms with Crippen molar-refractivity contribution in [3.8, 4) is 0 Å². The normalized spacial score (nSPS) is 11.9. The topological polar surface area (TPSA) is 70.7 Å². The van der Waals surface area contributed by atoms with E-state index in [0.717, 1.165) is 0 Å². The van der Waals surface area contributed by atoms with E-state index in [1.165, 1.54) is 0 Å². The van der Waals surface area contributed by atoms with Crippen LogP contribution in [0.3, 0.4) is 0 Å². The van der Waals surface area contributed by atoms with Gasteiger partial charge in [-0.25, -0.2) is 4.98 Å². The number of nitrogens with zero attached hydrogens (tertiary/aromatic N) is 2. The maximum Gasteiger partial charge on any atom is 0.390 e. The van der Waals surface area contributed by atoms with Gasteiger partial charge >= 0.3 is 6.18 Å². The summed E-state index contributed by atoms with van der Waals surface area (Å²) < 4.78 is 35.5. The summed E-state index contributed by atoms with van der Waals surface area (Å²) >= 11 is 0. The molecule has 0 saturated heterocycles. The van der Waals surface area contributed by atoms with E-state index in [1.54, 1.807) is 0 Å². The third-order valence-corrected chi connectivity index (χ3v) is 1.95. The molecule has 0 saturated carbocycles. The molecule has 0 atom stereocenters. The predicted molar refractivity (Wildman–Crippen MR) is 53.5 cm³/mol. The second kappa shape index (κ2) is 5.15. The summed E-state index contributed by atoms with van der Waals surface area (Å²) in [5.41, 5.74) is 0. The first-order chi connectivity index (χ1) is 7.79. The molecule has 8 heteroatoms. The highest BCUT2D eigenvalue weighted by molar-refractivity contribution is 5.90. The van der Waals surface area contributed by atoms with Crippen LogP contribution in [0.15, 0.2) is 0 Å². The quantitative estimate of drug-likeness (QED) is 0.852. The maximum atomic E-state index is 11.8. The van der Waals surface area contributed by atoms with E-state index < -0.39 is 25.0 Å². The third kappa shape index (κ3) is 4.41. The van der Waals surface area contributed by atoms with Crippen molar-refractivity contribution in [3.05, 3.63) is 11.6 Å². The van der Waals surface area contributed by atoms with Crippen LogP contribution < -0.4 is 5.32 Å². The van der Waals surface area contributed by atoms with Crippen molar-refractivity contribution in [1.82, 2.24) is 20.5 Å². The van der Waals surface area contributed by atoms with Crippen molar-refractivity contribution in [1.29, 1.82) is 0 Å². The molecule has 1 rings (SSSR count). The van der Waals surface area contributed by atoms with E-state index in [-0.39, 0.29) is 11.7 Å².